The number of rotatable bonds is 7. The van der Waals surface area contributed by atoms with Gasteiger partial charge >= 0.3 is 0 Å². The Morgan fingerprint density at radius 1 is 1.50 bits per heavy atom. The third-order valence-corrected chi connectivity index (χ3v) is 2.95. The number of aliphatic hydroxyl groups excluding tert-OH is 1. The lowest BCUT2D eigenvalue weighted by Crippen LogP contribution is -2.32. The average Bonchev–Trinajstić information content (AvgIpc) is 2.33. The van der Waals surface area contributed by atoms with Crippen molar-refractivity contribution in [3.8, 4) is 0 Å². The summed E-state index contributed by atoms with van der Waals surface area (Å²) in [5.74, 6) is 0.705. The summed E-state index contributed by atoms with van der Waals surface area (Å²) in [5, 5.41) is 12.2. The molecule has 0 aliphatic rings. The van der Waals surface area contributed by atoms with Crippen LogP contribution in [0.1, 0.15) is 33.6 Å². The number of anilines is 1. The number of hydrogen-bond donors (Lipinski definition) is 2. The minimum atomic E-state index is -0.0945. The van der Waals surface area contributed by atoms with Crippen LogP contribution >= 0.6 is 0 Å². The molecule has 5 heteroatoms. The molecular weight excluding hydrogens is 230 g/mol. The molecule has 18 heavy (non-hydrogen) atoms. The summed E-state index contributed by atoms with van der Waals surface area (Å²) in [6.07, 6.45) is 4.86. The van der Waals surface area contributed by atoms with E-state index in [9.17, 15) is 4.79 Å². The van der Waals surface area contributed by atoms with Crippen molar-refractivity contribution in [2.24, 2.45) is 5.92 Å². The normalized spacial score (nSPS) is 12.7. The fraction of sp³-hybridized carbons (Fsp3) is 0.692. The summed E-state index contributed by atoms with van der Waals surface area (Å²) in [5.41, 5.74) is -0.0945. The van der Waals surface area contributed by atoms with Gasteiger partial charge in [0.2, 0.25) is 0 Å². The highest BCUT2D eigenvalue weighted by atomic mass is 16.3. The molecule has 5 nitrogen and oxygen atoms in total. The smallest absolute Gasteiger partial charge is 0.293 e. The second-order valence-corrected chi connectivity index (χ2v) is 4.78. The molecule has 1 heterocycles. The van der Waals surface area contributed by atoms with Crippen LogP contribution in [-0.2, 0) is 6.54 Å². The summed E-state index contributed by atoms with van der Waals surface area (Å²) >= 11 is 0. The highest BCUT2D eigenvalue weighted by molar-refractivity contribution is 5.32. The molecule has 0 aliphatic heterocycles. The van der Waals surface area contributed by atoms with Gasteiger partial charge in [0.05, 0.1) is 0 Å². The zero-order valence-corrected chi connectivity index (χ0v) is 11.4. The standard InChI is InChI=1S/C13H23N3O2/c1-4-7-16-8-6-14-12(13(16)18)15-11(5-9-17)10(2)3/h6,8,10-11,17H,4-5,7,9H2,1-3H3,(H,14,15). The van der Waals surface area contributed by atoms with Gasteiger partial charge in [-0.2, -0.15) is 0 Å². The minimum absolute atomic E-state index is 0.0627. The second kappa shape index (κ2) is 7.16. The van der Waals surface area contributed by atoms with E-state index in [4.69, 9.17) is 5.11 Å². The van der Waals surface area contributed by atoms with Gasteiger partial charge in [-0.15, -0.1) is 0 Å². The van der Waals surface area contributed by atoms with E-state index in [1.54, 1.807) is 17.0 Å². The molecule has 2 N–H and O–H groups in total. The first-order valence-electron chi connectivity index (χ1n) is 6.53. The molecule has 0 bridgehead atoms. The second-order valence-electron chi connectivity index (χ2n) is 4.78. The summed E-state index contributed by atoms with van der Waals surface area (Å²) < 4.78 is 1.66. The minimum Gasteiger partial charge on any atom is -0.396 e. The highest BCUT2D eigenvalue weighted by Crippen LogP contribution is 2.10. The van der Waals surface area contributed by atoms with Crippen LogP contribution in [0.5, 0.6) is 0 Å². The van der Waals surface area contributed by atoms with Gasteiger partial charge in [-0.1, -0.05) is 20.8 Å². The molecule has 0 amide bonds. The summed E-state index contributed by atoms with van der Waals surface area (Å²) in [4.78, 5) is 16.2. The molecular formula is C13H23N3O2. The molecule has 0 saturated heterocycles. The predicted octanol–water partition coefficient (Wildman–Crippen LogP) is 1.47. The number of hydrogen-bond acceptors (Lipinski definition) is 4. The van der Waals surface area contributed by atoms with E-state index < -0.39 is 0 Å². The van der Waals surface area contributed by atoms with Crippen LogP contribution in [0.3, 0.4) is 0 Å². The molecule has 1 unspecified atom stereocenters. The zero-order chi connectivity index (χ0) is 13.5. The first kappa shape index (κ1) is 14.7. The van der Waals surface area contributed by atoms with Gasteiger partial charge < -0.3 is 15.0 Å². The molecule has 1 aromatic rings. The van der Waals surface area contributed by atoms with Crippen molar-refractivity contribution in [2.45, 2.75) is 46.2 Å². The summed E-state index contributed by atoms with van der Waals surface area (Å²) in [6, 6.07) is 0.0627. The number of aryl methyl sites for hydroxylation is 1. The maximum absolute atomic E-state index is 12.1. The van der Waals surface area contributed by atoms with E-state index in [-0.39, 0.29) is 18.2 Å². The van der Waals surface area contributed by atoms with E-state index in [2.05, 4.69) is 24.1 Å². The maximum Gasteiger partial charge on any atom is 0.293 e. The van der Waals surface area contributed by atoms with Gasteiger partial charge in [0.25, 0.3) is 5.56 Å². The van der Waals surface area contributed by atoms with E-state index in [0.29, 0.717) is 24.7 Å². The summed E-state index contributed by atoms with van der Waals surface area (Å²) in [6.45, 7) is 6.94. The van der Waals surface area contributed by atoms with Gasteiger partial charge in [-0.3, -0.25) is 4.79 Å². The molecule has 1 aromatic heterocycles. The Kier molecular flexibility index (Phi) is 5.85. The van der Waals surface area contributed by atoms with Gasteiger partial charge in [0, 0.05) is 31.6 Å². The largest absolute Gasteiger partial charge is 0.396 e. The van der Waals surface area contributed by atoms with Crippen LogP contribution in [0.2, 0.25) is 0 Å². The van der Waals surface area contributed by atoms with Crippen molar-refractivity contribution in [3.05, 3.63) is 22.7 Å². The Bertz CT molecular complexity index is 415. The number of nitrogens with zero attached hydrogens (tertiary/aromatic N) is 2. The molecule has 1 atom stereocenters. The van der Waals surface area contributed by atoms with E-state index >= 15 is 0 Å². The molecule has 102 valence electrons. The van der Waals surface area contributed by atoms with Crippen LogP contribution in [0.15, 0.2) is 17.2 Å². The SMILES string of the molecule is CCCn1ccnc(NC(CCO)C(C)C)c1=O. The molecule has 0 aromatic carbocycles. The van der Waals surface area contributed by atoms with Gasteiger partial charge in [0.1, 0.15) is 0 Å². The van der Waals surface area contributed by atoms with Crippen LogP contribution < -0.4 is 10.9 Å². The first-order chi connectivity index (χ1) is 8.60. The Morgan fingerprint density at radius 3 is 2.78 bits per heavy atom. The Hall–Kier alpha value is -1.36. The van der Waals surface area contributed by atoms with E-state index in [0.717, 1.165) is 6.42 Å². The first-order valence-corrected chi connectivity index (χ1v) is 6.53. The van der Waals surface area contributed by atoms with Gasteiger partial charge in [-0.05, 0) is 18.8 Å². The van der Waals surface area contributed by atoms with Crippen LogP contribution in [0, 0.1) is 5.92 Å². The van der Waals surface area contributed by atoms with Crippen molar-refractivity contribution >= 4 is 5.82 Å². The number of aromatic nitrogens is 2. The lowest BCUT2D eigenvalue weighted by molar-refractivity contribution is 0.267. The van der Waals surface area contributed by atoms with Crippen LogP contribution in [-0.4, -0.2) is 27.3 Å². The van der Waals surface area contributed by atoms with Crippen molar-refractivity contribution in [1.29, 1.82) is 0 Å². The fourth-order valence-corrected chi connectivity index (χ4v) is 1.85. The molecule has 0 spiro atoms. The fourth-order valence-electron chi connectivity index (χ4n) is 1.85. The van der Waals surface area contributed by atoms with Crippen LogP contribution in [0.25, 0.3) is 0 Å². The third kappa shape index (κ3) is 3.84. The van der Waals surface area contributed by atoms with Crippen molar-refractivity contribution in [1.82, 2.24) is 9.55 Å². The van der Waals surface area contributed by atoms with E-state index in [1.165, 1.54) is 0 Å². The highest BCUT2D eigenvalue weighted by Gasteiger charge is 2.15. The Morgan fingerprint density at radius 2 is 2.22 bits per heavy atom. The Labute approximate surface area is 108 Å². The number of nitrogens with one attached hydrogen (secondary N) is 1. The average molecular weight is 253 g/mol. The molecule has 0 aliphatic carbocycles. The maximum atomic E-state index is 12.1. The van der Waals surface area contributed by atoms with Gasteiger partial charge in [-0.25, -0.2) is 4.98 Å². The summed E-state index contributed by atoms with van der Waals surface area (Å²) in [7, 11) is 0. The molecule has 1 rings (SSSR count). The van der Waals surface area contributed by atoms with E-state index in [1.807, 2.05) is 6.92 Å². The van der Waals surface area contributed by atoms with Crippen molar-refractivity contribution in [2.75, 3.05) is 11.9 Å². The Balaban J connectivity index is 2.89. The molecule has 0 radical (unpaired) electrons. The third-order valence-electron chi connectivity index (χ3n) is 2.95. The quantitative estimate of drug-likeness (QED) is 0.772. The molecule has 0 fully saturated rings. The lowest BCUT2D eigenvalue weighted by atomic mass is 10.0. The number of aliphatic hydroxyl groups is 1. The topological polar surface area (TPSA) is 67.2 Å². The monoisotopic (exact) mass is 253 g/mol. The van der Waals surface area contributed by atoms with Crippen molar-refractivity contribution in [3.63, 3.8) is 0 Å². The zero-order valence-electron chi connectivity index (χ0n) is 11.4. The lowest BCUT2D eigenvalue weighted by Gasteiger charge is -2.21. The van der Waals surface area contributed by atoms with Crippen molar-refractivity contribution < 1.29 is 5.11 Å². The molecule has 0 saturated carbocycles. The van der Waals surface area contributed by atoms with Crippen LogP contribution in [0.4, 0.5) is 5.82 Å². The van der Waals surface area contributed by atoms with Gasteiger partial charge in [0.15, 0.2) is 5.82 Å². The predicted molar refractivity (Wildman–Crippen MR) is 72.7 cm³/mol.